The van der Waals surface area contributed by atoms with E-state index in [0.29, 0.717) is 16.5 Å². The van der Waals surface area contributed by atoms with E-state index in [-0.39, 0.29) is 17.1 Å². The zero-order valence-corrected chi connectivity index (χ0v) is 15.5. The van der Waals surface area contributed by atoms with Gasteiger partial charge in [0.05, 0.1) is 17.0 Å². The van der Waals surface area contributed by atoms with Gasteiger partial charge in [-0.05, 0) is 41.8 Å². The van der Waals surface area contributed by atoms with Crippen LogP contribution >= 0.6 is 15.9 Å². The predicted octanol–water partition coefficient (Wildman–Crippen LogP) is 4.29. The third kappa shape index (κ3) is 2.42. The molecule has 1 aliphatic rings. The highest BCUT2D eigenvalue weighted by Crippen LogP contribution is 2.37. The van der Waals surface area contributed by atoms with Gasteiger partial charge in [0.15, 0.2) is 5.43 Å². The molecule has 2 aromatic carbocycles. The summed E-state index contributed by atoms with van der Waals surface area (Å²) in [6, 6.07) is 12.8. The lowest BCUT2D eigenvalue weighted by molar-refractivity contribution is 0.0771. The van der Waals surface area contributed by atoms with Crippen LogP contribution in [0.5, 0.6) is 0 Å². The summed E-state index contributed by atoms with van der Waals surface area (Å²) in [6.07, 6.45) is 0.834. The molecule has 1 amide bonds. The van der Waals surface area contributed by atoms with Crippen molar-refractivity contribution >= 4 is 32.8 Å². The van der Waals surface area contributed by atoms with E-state index >= 15 is 0 Å². The zero-order valence-electron chi connectivity index (χ0n) is 13.9. The Morgan fingerprint density at radius 3 is 2.68 bits per heavy atom. The van der Waals surface area contributed by atoms with Crippen LogP contribution in [-0.2, 0) is 6.42 Å². The summed E-state index contributed by atoms with van der Waals surface area (Å²) in [5.41, 5.74) is 2.69. The van der Waals surface area contributed by atoms with Gasteiger partial charge in [-0.3, -0.25) is 9.59 Å². The van der Waals surface area contributed by atoms with Gasteiger partial charge in [0.2, 0.25) is 5.76 Å². The van der Waals surface area contributed by atoms with Crippen molar-refractivity contribution in [3.8, 4) is 0 Å². The lowest BCUT2D eigenvalue weighted by atomic mass is 9.98. The third-order valence-electron chi connectivity index (χ3n) is 4.74. The summed E-state index contributed by atoms with van der Waals surface area (Å²) in [5.74, 6) is -0.118. The van der Waals surface area contributed by atoms with Crippen LogP contribution in [0.1, 0.15) is 40.2 Å². The van der Waals surface area contributed by atoms with Gasteiger partial charge in [-0.25, -0.2) is 0 Å². The van der Waals surface area contributed by atoms with Gasteiger partial charge in [-0.2, -0.15) is 0 Å². The van der Waals surface area contributed by atoms with E-state index in [1.54, 1.807) is 18.0 Å². The second-order valence-electron chi connectivity index (χ2n) is 6.23. The minimum Gasteiger partial charge on any atom is -0.450 e. The van der Waals surface area contributed by atoms with Crippen molar-refractivity contribution in [2.45, 2.75) is 19.4 Å². The molecule has 1 aliphatic heterocycles. The Hall–Kier alpha value is -2.40. The normalized spacial score (nSPS) is 16.5. The molecule has 0 saturated carbocycles. The highest BCUT2D eigenvalue weighted by molar-refractivity contribution is 9.10. The van der Waals surface area contributed by atoms with Gasteiger partial charge in [-0.1, -0.05) is 41.1 Å². The molecule has 2 heterocycles. The van der Waals surface area contributed by atoms with Crippen LogP contribution in [0.3, 0.4) is 0 Å². The van der Waals surface area contributed by atoms with Crippen molar-refractivity contribution in [1.29, 1.82) is 0 Å². The molecule has 0 saturated heterocycles. The van der Waals surface area contributed by atoms with Gasteiger partial charge < -0.3 is 9.32 Å². The van der Waals surface area contributed by atoms with E-state index in [2.05, 4.69) is 15.9 Å². The van der Waals surface area contributed by atoms with Crippen LogP contribution in [0, 0.1) is 0 Å². The molecule has 3 aromatic rings. The van der Waals surface area contributed by atoms with Crippen LogP contribution < -0.4 is 5.43 Å². The Labute approximate surface area is 153 Å². The van der Waals surface area contributed by atoms with E-state index in [4.69, 9.17) is 4.42 Å². The first-order chi connectivity index (χ1) is 12.0. The Morgan fingerprint density at radius 2 is 1.96 bits per heavy atom. The van der Waals surface area contributed by atoms with E-state index in [1.807, 2.05) is 43.3 Å². The van der Waals surface area contributed by atoms with Crippen LogP contribution in [0.15, 0.2) is 56.1 Å². The maximum Gasteiger partial charge on any atom is 0.290 e. The van der Waals surface area contributed by atoms with Crippen molar-refractivity contribution in [3.63, 3.8) is 0 Å². The summed E-state index contributed by atoms with van der Waals surface area (Å²) in [5, 5.41) is 0.529. The van der Waals surface area contributed by atoms with Crippen LogP contribution in [-0.4, -0.2) is 17.9 Å². The Bertz CT molecular complexity index is 1070. The number of nitrogens with zero attached hydrogens (tertiary/aromatic N) is 1. The van der Waals surface area contributed by atoms with E-state index < -0.39 is 6.04 Å². The van der Waals surface area contributed by atoms with Crippen molar-refractivity contribution in [2.24, 2.45) is 0 Å². The molecule has 0 aliphatic carbocycles. The fourth-order valence-corrected chi connectivity index (χ4v) is 3.84. The second kappa shape index (κ2) is 5.85. The molecule has 4 nitrogen and oxygen atoms in total. The molecule has 1 aromatic heterocycles. The first-order valence-corrected chi connectivity index (χ1v) is 8.92. The number of carbonyl (C=O) groups excluding carboxylic acids is 1. The van der Waals surface area contributed by atoms with Gasteiger partial charge in [0, 0.05) is 11.5 Å². The number of halogens is 1. The monoisotopic (exact) mass is 397 g/mol. The molecule has 0 radical (unpaired) electrons. The molecule has 4 rings (SSSR count). The number of benzene rings is 2. The first kappa shape index (κ1) is 16.1. The first-order valence-electron chi connectivity index (χ1n) is 8.13. The average Bonchev–Trinajstić information content (AvgIpc) is 2.87. The summed E-state index contributed by atoms with van der Waals surface area (Å²) in [4.78, 5) is 27.4. The fraction of sp³-hybridized carbons (Fsp3) is 0.200. The van der Waals surface area contributed by atoms with Gasteiger partial charge in [0.1, 0.15) is 5.58 Å². The van der Waals surface area contributed by atoms with E-state index in [1.165, 1.54) is 0 Å². The summed E-state index contributed by atoms with van der Waals surface area (Å²) >= 11 is 3.46. The molecule has 0 fully saturated rings. The predicted molar refractivity (Wildman–Crippen MR) is 99.9 cm³/mol. The zero-order chi connectivity index (χ0) is 17.7. The molecule has 1 atom stereocenters. The summed E-state index contributed by atoms with van der Waals surface area (Å²) < 4.78 is 6.75. The quantitative estimate of drug-likeness (QED) is 0.647. The molecule has 126 valence electrons. The maximum atomic E-state index is 13.2. The largest absolute Gasteiger partial charge is 0.450 e. The number of aryl methyl sites for hydroxylation is 1. The molecular formula is C20H16BrNO3. The number of rotatable bonds is 2. The van der Waals surface area contributed by atoms with Crippen molar-refractivity contribution < 1.29 is 9.21 Å². The lowest BCUT2D eigenvalue weighted by Crippen LogP contribution is -2.25. The molecule has 5 heteroatoms. The van der Waals surface area contributed by atoms with Crippen molar-refractivity contribution in [3.05, 3.63) is 79.6 Å². The molecule has 25 heavy (non-hydrogen) atoms. The van der Waals surface area contributed by atoms with Crippen LogP contribution in [0.4, 0.5) is 0 Å². The number of carbonyl (C=O) groups is 1. The Kier molecular flexibility index (Phi) is 3.76. The SMILES string of the molecule is CCc1ccc2oc3c(c(=O)c2c1)C(c1cccc(Br)c1)N(C)C3=O. The molecule has 0 N–H and O–H groups in total. The smallest absolute Gasteiger partial charge is 0.290 e. The standard InChI is InChI=1S/C20H16BrNO3/c1-3-11-7-8-15-14(9-11)18(23)16-17(12-5-4-6-13(21)10-12)22(2)20(24)19(16)25-15/h4-10,17H,3H2,1-2H3. The van der Waals surface area contributed by atoms with Crippen molar-refractivity contribution in [2.75, 3.05) is 7.05 Å². The number of amides is 1. The molecular weight excluding hydrogens is 382 g/mol. The van der Waals surface area contributed by atoms with Crippen LogP contribution in [0.2, 0.25) is 0 Å². The second-order valence-corrected chi connectivity index (χ2v) is 7.15. The van der Waals surface area contributed by atoms with E-state index in [9.17, 15) is 9.59 Å². The topological polar surface area (TPSA) is 50.5 Å². The third-order valence-corrected chi connectivity index (χ3v) is 5.23. The number of hydrogen-bond acceptors (Lipinski definition) is 3. The van der Waals surface area contributed by atoms with Gasteiger partial charge >= 0.3 is 0 Å². The highest BCUT2D eigenvalue weighted by atomic mass is 79.9. The van der Waals surface area contributed by atoms with Crippen LogP contribution in [0.25, 0.3) is 11.0 Å². The Balaban J connectivity index is 2.03. The van der Waals surface area contributed by atoms with Gasteiger partial charge in [0.25, 0.3) is 5.91 Å². The summed E-state index contributed by atoms with van der Waals surface area (Å²) in [6.45, 7) is 2.04. The lowest BCUT2D eigenvalue weighted by Gasteiger charge is -2.20. The molecule has 1 unspecified atom stereocenters. The minimum absolute atomic E-state index is 0.130. The van der Waals surface area contributed by atoms with Gasteiger partial charge in [-0.15, -0.1) is 0 Å². The fourth-order valence-electron chi connectivity index (χ4n) is 3.42. The Morgan fingerprint density at radius 1 is 1.16 bits per heavy atom. The minimum atomic E-state index is -0.439. The highest BCUT2D eigenvalue weighted by Gasteiger charge is 2.40. The van der Waals surface area contributed by atoms with E-state index in [0.717, 1.165) is 22.0 Å². The van der Waals surface area contributed by atoms with Crippen molar-refractivity contribution in [1.82, 2.24) is 4.90 Å². The maximum absolute atomic E-state index is 13.2. The average molecular weight is 398 g/mol. The summed E-state index contributed by atoms with van der Waals surface area (Å²) in [7, 11) is 1.70. The number of hydrogen-bond donors (Lipinski definition) is 0. The number of fused-ring (bicyclic) bond motifs is 2. The molecule has 0 spiro atoms. The molecule has 0 bridgehead atoms.